The second-order valence-electron chi connectivity index (χ2n) is 1.88. The number of rotatable bonds is 3. The summed E-state index contributed by atoms with van der Waals surface area (Å²) in [5.74, 6) is 0. The zero-order valence-corrected chi connectivity index (χ0v) is 7.58. The molecule has 0 aliphatic heterocycles. The van der Waals surface area contributed by atoms with Crippen molar-refractivity contribution in [2.24, 2.45) is 5.11 Å². The van der Waals surface area contributed by atoms with Gasteiger partial charge in [0.05, 0.1) is 0 Å². The van der Waals surface area contributed by atoms with Gasteiger partial charge in [-0.1, -0.05) is 0 Å². The summed E-state index contributed by atoms with van der Waals surface area (Å²) in [6, 6.07) is 0. The van der Waals surface area contributed by atoms with Crippen molar-refractivity contribution in [1.29, 1.82) is 0 Å². The number of azide groups is 1. The topological polar surface area (TPSA) is 184 Å². The van der Waals surface area contributed by atoms with Gasteiger partial charge in [-0.3, -0.25) is 9.13 Å². The van der Waals surface area contributed by atoms with E-state index in [-0.39, 0.29) is 0 Å². The van der Waals surface area contributed by atoms with Crippen LogP contribution in [0.5, 0.6) is 0 Å². The lowest BCUT2D eigenvalue weighted by Gasteiger charge is -2.23. The van der Waals surface area contributed by atoms with Crippen LogP contribution in [-0.2, 0) is 9.13 Å². The largest absolute Gasteiger partial charge is 0.375 e. The first-order valence-electron chi connectivity index (χ1n) is 2.46. The number of nitrogens with zero attached hydrogens (tertiary/aromatic N) is 3. The molecule has 0 radical (unpaired) electrons. The van der Waals surface area contributed by atoms with Gasteiger partial charge in [0.1, 0.15) is 0 Å². The molecular weight excluding hydrogens is 228 g/mol. The van der Waals surface area contributed by atoms with E-state index in [1.54, 1.807) is 4.91 Å². The Bertz CT molecular complexity index is 310. The fourth-order valence-corrected chi connectivity index (χ4v) is 2.02. The summed E-state index contributed by atoms with van der Waals surface area (Å²) in [5.41, 5.74) is 7.74. The number of aliphatic hydroxyl groups is 1. The Morgan fingerprint density at radius 2 is 1.46 bits per heavy atom. The van der Waals surface area contributed by atoms with Crippen molar-refractivity contribution in [3.05, 3.63) is 10.4 Å². The maximum atomic E-state index is 10.4. The maximum absolute atomic E-state index is 10.4. The lowest BCUT2D eigenvalue weighted by Crippen LogP contribution is -2.25. The molecule has 0 aromatic rings. The van der Waals surface area contributed by atoms with E-state index < -0.39 is 20.4 Å². The van der Waals surface area contributed by atoms with Gasteiger partial charge in [0.2, 0.25) is 0 Å². The molecule has 76 valence electrons. The van der Waals surface area contributed by atoms with Crippen molar-refractivity contribution in [3.8, 4) is 0 Å². The fraction of sp³-hybridized carbons (Fsp3) is 1.00. The monoisotopic (exact) mass is 233 g/mol. The van der Waals surface area contributed by atoms with Crippen LogP contribution in [0.25, 0.3) is 10.4 Å². The lowest BCUT2D eigenvalue weighted by molar-refractivity contribution is 0.136. The molecule has 0 aromatic carbocycles. The Morgan fingerprint density at radius 1 is 1.15 bits per heavy atom. The molecule has 0 heterocycles. The molecule has 0 bridgehead atoms. The van der Waals surface area contributed by atoms with E-state index in [4.69, 9.17) is 30.2 Å². The van der Waals surface area contributed by atoms with Gasteiger partial charge in [0.25, 0.3) is 0 Å². The number of hydrogen-bond acceptors (Lipinski definition) is 4. The minimum absolute atomic E-state index is 1.73. The lowest BCUT2D eigenvalue weighted by atomic mass is 11.3. The molecule has 0 aromatic heterocycles. The van der Waals surface area contributed by atoms with Crippen molar-refractivity contribution in [3.63, 3.8) is 0 Å². The standard InChI is InChI=1S/CH5N3O7P2/c2-4-3-1(5,12(6,7)8)13(9,10)11/h5H,(H2,6,7,8)(H2,9,10,11). The molecule has 0 fully saturated rings. The third-order valence-electron chi connectivity index (χ3n) is 0.960. The fourth-order valence-electron chi connectivity index (χ4n) is 0.346. The molecule has 0 aliphatic carbocycles. The van der Waals surface area contributed by atoms with Crippen molar-refractivity contribution < 1.29 is 33.8 Å². The van der Waals surface area contributed by atoms with E-state index in [0.717, 1.165) is 0 Å². The van der Waals surface area contributed by atoms with Gasteiger partial charge in [-0.05, 0) is 10.6 Å². The van der Waals surface area contributed by atoms with Gasteiger partial charge in [-0.15, -0.1) is 0 Å². The van der Waals surface area contributed by atoms with Crippen LogP contribution < -0.4 is 0 Å². The van der Waals surface area contributed by atoms with E-state index >= 15 is 0 Å². The molecule has 0 atom stereocenters. The highest BCUT2D eigenvalue weighted by atomic mass is 31.2. The predicted octanol–water partition coefficient (Wildman–Crippen LogP) is -0.744. The quantitative estimate of drug-likeness (QED) is 0.183. The zero-order chi connectivity index (χ0) is 10.9. The molecule has 13 heavy (non-hydrogen) atoms. The van der Waals surface area contributed by atoms with Gasteiger partial charge >= 0.3 is 20.4 Å². The van der Waals surface area contributed by atoms with Crippen molar-refractivity contribution in [2.45, 2.75) is 5.21 Å². The highest BCUT2D eigenvalue weighted by Gasteiger charge is 2.59. The van der Waals surface area contributed by atoms with Crippen LogP contribution in [0.1, 0.15) is 0 Å². The zero-order valence-electron chi connectivity index (χ0n) is 5.79. The average Bonchev–Trinajstić information content (AvgIpc) is 1.82. The molecule has 0 saturated carbocycles. The van der Waals surface area contributed by atoms with Crippen LogP contribution in [0.15, 0.2) is 5.11 Å². The minimum atomic E-state index is -5.65. The van der Waals surface area contributed by atoms with Crippen LogP contribution in [0.4, 0.5) is 0 Å². The SMILES string of the molecule is [N-]=[N+]=NC(O)(P(=O)(O)O)P(=O)(O)O. The van der Waals surface area contributed by atoms with E-state index in [1.165, 1.54) is 0 Å². The van der Waals surface area contributed by atoms with E-state index in [9.17, 15) is 9.13 Å². The Hall–Kier alpha value is -0.430. The summed E-state index contributed by atoms with van der Waals surface area (Å²) in [4.78, 5) is 35.0. The van der Waals surface area contributed by atoms with Crippen molar-refractivity contribution >= 4 is 15.2 Å². The highest BCUT2D eigenvalue weighted by Crippen LogP contribution is 2.68. The third kappa shape index (κ3) is 2.28. The van der Waals surface area contributed by atoms with Crippen LogP contribution in [0, 0.1) is 0 Å². The van der Waals surface area contributed by atoms with Crippen molar-refractivity contribution in [2.75, 3.05) is 0 Å². The molecule has 0 spiro atoms. The van der Waals surface area contributed by atoms with Gasteiger partial charge in [0, 0.05) is 4.91 Å². The van der Waals surface area contributed by atoms with Crippen LogP contribution >= 0.6 is 15.2 Å². The smallest absolute Gasteiger partial charge is 0.363 e. The van der Waals surface area contributed by atoms with Crippen LogP contribution in [0.2, 0.25) is 0 Å². The summed E-state index contributed by atoms with van der Waals surface area (Å²) in [7, 11) is -11.3. The first-order chi connectivity index (χ1) is 5.56. The van der Waals surface area contributed by atoms with Gasteiger partial charge in [-0.2, -0.15) is 0 Å². The molecule has 10 nitrogen and oxygen atoms in total. The molecule has 12 heteroatoms. The average molecular weight is 233 g/mol. The number of hydrogen-bond donors (Lipinski definition) is 5. The predicted molar refractivity (Wildman–Crippen MR) is 38.2 cm³/mol. The summed E-state index contributed by atoms with van der Waals surface area (Å²) in [6.07, 6.45) is 0. The molecular formula is CH5N3O7P2. The van der Waals surface area contributed by atoms with E-state index in [2.05, 4.69) is 0 Å². The normalized spacial score (nSPS) is 13.6. The molecule has 0 rings (SSSR count). The van der Waals surface area contributed by atoms with E-state index in [1.807, 2.05) is 5.11 Å². The summed E-state index contributed by atoms with van der Waals surface area (Å²) >= 11 is 0. The second-order valence-corrected chi connectivity index (χ2v) is 5.65. The van der Waals surface area contributed by atoms with Gasteiger partial charge in [-0.25, -0.2) is 0 Å². The molecule has 5 N–H and O–H groups in total. The van der Waals surface area contributed by atoms with Crippen LogP contribution in [0.3, 0.4) is 0 Å². The molecule has 0 unspecified atom stereocenters. The van der Waals surface area contributed by atoms with Crippen molar-refractivity contribution in [1.82, 2.24) is 0 Å². The molecule has 0 aliphatic rings. The minimum Gasteiger partial charge on any atom is -0.363 e. The summed E-state index contributed by atoms with van der Waals surface area (Å²) in [5, 5.41) is 6.71. The van der Waals surface area contributed by atoms with Gasteiger partial charge < -0.3 is 24.7 Å². The molecule has 0 amide bonds. The van der Waals surface area contributed by atoms with Gasteiger partial charge in [0.15, 0.2) is 0 Å². The maximum Gasteiger partial charge on any atom is 0.375 e. The first kappa shape index (κ1) is 12.6. The Kier molecular flexibility index (Phi) is 3.26. The first-order valence-corrected chi connectivity index (χ1v) is 5.68. The molecule has 0 saturated heterocycles. The van der Waals surface area contributed by atoms with E-state index in [0.29, 0.717) is 0 Å². The highest BCUT2D eigenvalue weighted by molar-refractivity contribution is 7.71. The Balaban J connectivity index is 5.62. The van der Waals surface area contributed by atoms with Crippen LogP contribution in [-0.4, -0.2) is 29.9 Å². The Labute approximate surface area is 70.8 Å². The summed E-state index contributed by atoms with van der Waals surface area (Å²) in [6.45, 7) is 0. The summed E-state index contributed by atoms with van der Waals surface area (Å²) < 4.78 is 20.8. The Morgan fingerprint density at radius 3 is 1.54 bits per heavy atom. The second kappa shape index (κ2) is 3.38. The third-order valence-corrected chi connectivity index (χ3v) is 4.27.